The number of piperidine rings is 1. The number of hydrogen-bond donors (Lipinski definition) is 2. The van der Waals surface area contributed by atoms with E-state index in [1.807, 2.05) is 31.2 Å². The number of amides is 1. The summed E-state index contributed by atoms with van der Waals surface area (Å²) in [5, 5.41) is 4.35. The molecule has 1 saturated heterocycles. The quantitative estimate of drug-likeness (QED) is 0.622. The summed E-state index contributed by atoms with van der Waals surface area (Å²) in [6.45, 7) is 3.75. The third-order valence-corrected chi connectivity index (χ3v) is 5.70. The number of benzene rings is 1. The van der Waals surface area contributed by atoms with E-state index < -0.39 is 0 Å². The summed E-state index contributed by atoms with van der Waals surface area (Å²) >= 11 is 5.82. The Bertz CT molecular complexity index is 1040. The fourth-order valence-electron chi connectivity index (χ4n) is 3.95. The molecule has 0 unspecified atom stereocenters. The van der Waals surface area contributed by atoms with Gasteiger partial charge in [0.05, 0.1) is 11.6 Å². The fourth-order valence-corrected chi connectivity index (χ4v) is 4.06. The predicted molar refractivity (Wildman–Crippen MR) is 114 cm³/mol. The van der Waals surface area contributed by atoms with Gasteiger partial charge in [0.1, 0.15) is 5.82 Å². The van der Waals surface area contributed by atoms with Crippen LogP contribution in [0.3, 0.4) is 0 Å². The summed E-state index contributed by atoms with van der Waals surface area (Å²) in [6, 6.07) is 11.3. The van der Waals surface area contributed by atoms with Gasteiger partial charge in [-0.2, -0.15) is 0 Å². The maximum atomic E-state index is 12.9. The molecule has 150 valence electrons. The second-order valence-electron chi connectivity index (χ2n) is 7.50. The highest BCUT2D eigenvalue weighted by atomic mass is 35.5. The van der Waals surface area contributed by atoms with Gasteiger partial charge in [-0.1, -0.05) is 29.8 Å². The van der Waals surface area contributed by atoms with Gasteiger partial charge in [0.15, 0.2) is 5.78 Å². The van der Waals surface area contributed by atoms with E-state index >= 15 is 0 Å². The number of carbonyl (C=O) groups is 2. The van der Waals surface area contributed by atoms with Gasteiger partial charge in [-0.05, 0) is 51.1 Å². The van der Waals surface area contributed by atoms with Crippen LogP contribution in [0.1, 0.15) is 28.9 Å². The number of pyridine rings is 1. The van der Waals surface area contributed by atoms with Gasteiger partial charge in [0.25, 0.3) is 0 Å². The highest BCUT2D eigenvalue weighted by Gasteiger charge is 2.27. The van der Waals surface area contributed by atoms with Crippen LogP contribution >= 0.6 is 11.6 Å². The lowest BCUT2D eigenvalue weighted by Crippen LogP contribution is -2.40. The molecule has 0 aliphatic carbocycles. The van der Waals surface area contributed by atoms with Crippen LogP contribution in [0.25, 0.3) is 10.9 Å². The smallest absolute Gasteiger partial charge is 0.228 e. The number of aromatic amines is 1. The Kier molecular flexibility index (Phi) is 5.65. The number of nitrogens with zero attached hydrogens (tertiary/aromatic N) is 2. The van der Waals surface area contributed by atoms with Gasteiger partial charge in [0, 0.05) is 34.3 Å². The molecule has 0 saturated carbocycles. The second kappa shape index (κ2) is 8.35. The number of likely N-dealkylation sites (tertiary alicyclic amines) is 1. The molecule has 0 bridgehead atoms. The highest BCUT2D eigenvalue weighted by Crippen LogP contribution is 2.24. The van der Waals surface area contributed by atoms with Crippen LogP contribution in [0.4, 0.5) is 5.82 Å². The number of nitrogens with one attached hydrogen (secondary N) is 2. The van der Waals surface area contributed by atoms with E-state index in [0.29, 0.717) is 17.4 Å². The molecule has 29 heavy (non-hydrogen) atoms. The Morgan fingerprint density at radius 3 is 2.69 bits per heavy atom. The third kappa shape index (κ3) is 4.33. The van der Waals surface area contributed by atoms with E-state index in [1.165, 1.54) is 6.20 Å². The molecule has 1 aromatic carbocycles. The van der Waals surface area contributed by atoms with Crippen molar-refractivity contribution in [2.45, 2.75) is 19.8 Å². The molecule has 6 nitrogen and oxygen atoms in total. The molecule has 0 spiro atoms. The van der Waals surface area contributed by atoms with Crippen molar-refractivity contribution < 1.29 is 9.59 Å². The average molecular weight is 411 g/mol. The minimum absolute atomic E-state index is 0.0294. The number of rotatable bonds is 5. The Labute approximate surface area is 174 Å². The monoisotopic (exact) mass is 410 g/mol. The van der Waals surface area contributed by atoms with Crippen molar-refractivity contribution in [1.82, 2.24) is 14.9 Å². The minimum Gasteiger partial charge on any atom is -0.358 e. The largest absolute Gasteiger partial charge is 0.358 e. The summed E-state index contributed by atoms with van der Waals surface area (Å²) < 4.78 is 0. The SMILES string of the molecule is Cc1[nH]c2ccccc2c1C(=O)CN1CCC(C(=O)Nc2ccc(Cl)cn2)CC1. The zero-order valence-electron chi connectivity index (χ0n) is 16.2. The molecule has 1 amide bonds. The molecule has 1 aliphatic rings. The predicted octanol–water partition coefficient (Wildman–Crippen LogP) is 4.06. The topological polar surface area (TPSA) is 78.1 Å². The van der Waals surface area contributed by atoms with E-state index in [4.69, 9.17) is 11.6 Å². The van der Waals surface area contributed by atoms with Crippen molar-refractivity contribution in [2.24, 2.45) is 5.92 Å². The number of fused-ring (bicyclic) bond motifs is 1. The second-order valence-corrected chi connectivity index (χ2v) is 7.93. The maximum absolute atomic E-state index is 12.9. The fraction of sp³-hybridized carbons (Fsp3) is 0.318. The van der Waals surface area contributed by atoms with Crippen LogP contribution in [0.15, 0.2) is 42.6 Å². The zero-order valence-corrected chi connectivity index (χ0v) is 17.0. The zero-order chi connectivity index (χ0) is 20.4. The molecule has 1 fully saturated rings. The van der Waals surface area contributed by atoms with Crippen molar-refractivity contribution in [3.05, 3.63) is 58.9 Å². The lowest BCUT2D eigenvalue weighted by Gasteiger charge is -2.30. The van der Waals surface area contributed by atoms with E-state index in [2.05, 4.69) is 20.2 Å². The average Bonchev–Trinajstić information content (AvgIpc) is 3.06. The highest BCUT2D eigenvalue weighted by molar-refractivity contribution is 6.30. The van der Waals surface area contributed by atoms with Gasteiger partial charge in [-0.3, -0.25) is 14.5 Å². The Morgan fingerprint density at radius 1 is 1.21 bits per heavy atom. The number of ketones is 1. The minimum atomic E-state index is -0.0753. The number of halogens is 1. The summed E-state index contributed by atoms with van der Waals surface area (Å²) in [6.07, 6.45) is 2.96. The molecule has 0 atom stereocenters. The number of para-hydroxylation sites is 1. The van der Waals surface area contributed by atoms with Crippen LogP contribution in [0, 0.1) is 12.8 Å². The number of Topliss-reactive ketones (excluding diaryl/α,β-unsaturated/α-hetero) is 1. The molecule has 2 aromatic heterocycles. The number of carbonyl (C=O) groups excluding carboxylic acids is 2. The lowest BCUT2D eigenvalue weighted by atomic mass is 9.95. The number of anilines is 1. The van der Waals surface area contributed by atoms with Gasteiger partial charge >= 0.3 is 0 Å². The van der Waals surface area contributed by atoms with Crippen LogP contribution in [-0.4, -0.2) is 46.2 Å². The summed E-state index contributed by atoms with van der Waals surface area (Å²) in [4.78, 5) is 34.9. The molecule has 1 aliphatic heterocycles. The van der Waals surface area contributed by atoms with Crippen LogP contribution in [0.5, 0.6) is 0 Å². The van der Waals surface area contributed by atoms with Crippen molar-refractivity contribution in [1.29, 1.82) is 0 Å². The van der Waals surface area contributed by atoms with Crippen molar-refractivity contribution in [3.63, 3.8) is 0 Å². The molecule has 7 heteroatoms. The van der Waals surface area contributed by atoms with E-state index in [9.17, 15) is 9.59 Å². The number of H-pyrrole nitrogens is 1. The summed E-state index contributed by atoms with van der Waals surface area (Å²) in [5.41, 5.74) is 2.66. The van der Waals surface area contributed by atoms with Gasteiger partial charge in [-0.15, -0.1) is 0 Å². The van der Waals surface area contributed by atoms with Crippen molar-refractivity contribution in [3.8, 4) is 0 Å². The molecular weight excluding hydrogens is 388 g/mol. The third-order valence-electron chi connectivity index (χ3n) is 5.48. The van der Waals surface area contributed by atoms with E-state index in [0.717, 1.165) is 48.1 Å². The number of aryl methyl sites for hydroxylation is 1. The van der Waals surface area contributed by atoms with Gasteiger partial charge in [0.2, 0.25) is 5.91 Å². The summed E-state index contributed by atoms with van der Waals surface area (Å²) in [7, 11) is 0. The van der Waals surface area contributed by atoms with E-state index in [-0.39, 0.29) is 17.6 Å². The maximum Gasteiger partial charge on any atom is 0.228 e. The lowest BCUT2D eigenvalue weighted by molar-refractivity contribution is -0.121. The standard InChI is InChI=1S/C22H23ClN4O2/c1-14-21(17-4-2-3-5-18(17)25-14)19(28)13-27-10-8-15(9-11-27)22(29)26-20-7-6-16(23)12-24-20/h2-7,12,15,25H,8-11,13H2,1H3,(H,24,26,29). The summed E-state index contributed by atoms with van der Waals surface area (Å²) in [5.74, 6) is 0.520. The van der Waals surface area contributed by atoms with Gasteiger partial charge < -0.3 is 10.3 Å². The first-order valence-corrected chi connectivity index (χ1v) is 10.1. The van der Waals surface area contributed by atoms with Crippen LogP contribution < -0.4 is 5.32 Å². The first-order valence-electron chi connectivity index (χ1n) is 9.76. The number of aromatic nitrogens is 2. The first-order chi connectivity index (χ1) is 14.0. The van der Waals surface area contributed by atoms with Gasteiger partial charge in [-0.25, -0.2) is 4.98 Å². The Hall–Kier alpha value is -2.70. The Morgan fingerprint density at radius 2 is 1.97 bits per heavy atom. The van der Waals surface area contributed by atoms with Crippen LogP contribution in [-0.2, 0) is 4.79 Å². The molecule has 3 heterocycles. The number of hydrogen-bond acceptors (Lipinski definition) is 4. The molecule has 4 rings (SSSR count). The normalized spacial score (nSPS) is 15.5. The molecule has 0 radical (unpaired) electrons. The van der Waals surface area contributed by atoms with Crippen LogP contribution in [0.2, 0.25) is 5.02 Å². The Balaban J connectivity index is 1.33. The van der Waals surface area contributed by atoms with Crippen molar-refractivity contribution in [2.75, 3.05) is 25.0 Å². The van der Waals surface area contributed by atoms with E-state index in [1.54, 1.807) is 12.1 Å². The van der Waals surface area contributed by atoms with Crippen molar-refractivity contribution >= 4 is 40.0 Å². The molecule has 3 aromatic rings. The molecule has 2 N–H and O–H groups in total. The molecular formula is C22H23ClN4O2. The first kappa shape index (κ1) is 19.6.